The topological polar surface area (TPSA) is 37.3 Å². The summed E-state index contributed by atoms with van der Waals surface area (Å²) in [6.45, 7) is 0. The molecule has 0 bridgehead atoms. The van der Waals surface area contributed by atoms with Crippen LogP contribution in [0, 0.1) is 0 Å². The van der Waals surface area contributed by atoms with Crippen molar-refractivity contribution in [3.05, 3.63) is 0 Å². The summed E-state index contributed by atoms with van der Waals surface area (Å²) in [7, 11) is 0. The fraction of sp³-hybridized carbons (Fsp3) is 0.333. The Morgan fingerprint density at radius 3 is 2.50 bits per heavy atom. The highest BCUT2D eigenvalue weighted by atomic mass is 32.1. The van der Waals surface area contributed by atoms with Crippen LogP contribution in [0.1, 0.15) is 6.42 Å². The lowest BCUT2D eigenvalue weighted by atomic mass is 10.5. The van der Waals surface area contributed by atoms with Gasteiger partial charge >= 0.3 is 5.97 Å². The van der Waals surface area contributed by atoms with Gasteiger partial charge in [-0.3, -0.25) is 4.79 Å². The van der Waals surface area contributed by atoms with Crippen LogP contribution in [-0.2, 0) is 4.79 Å². The molecule has 0 aromatic heterocycles. The summed E-state index contributed by atoms with van der Waals surface area (Å²) >= 11 is 4.22. The van der Waals surface area contributed by atoms with Crippen LogP contribution >= 0.6 is 12.2 Å². The number of hydrogen-bond donors (Lipinski definition) is 1. The smallest absolute Gasteiger partial charge is 0.308 e. The van der Waals surface area contributed by atoms with E-state index in [1.54, 1.807) is 0 Å². The average Bonchev–Trinajstić information content (AvgIpc) is 1.35. The molecule has 0 aliphatic rings. The summed E-state index contributed by atoms with van der Waals surface area (Å²) in [5.41, 5.74) is 0. The quantitative estimate of drug-likeness (QED) is 0.517. The number of hydrogen-bond acceptors (Lipinski definition) is 2. The van der Waals surface area contributed by atoms with E-state index in [0.29, 0.717) is 0 Å². The molecular formula is C3H4O2S. The molecule has 0 heterocycles. The molecule has 0 rings (SSSR count). The van der Waals surface area contributed by atoms with Gasteiger partial charge in [-0.15, -0.1) is 0 Å². The van der Waals surface area contributed by atoms with E-state index in [1.165, 1.54) is 5.37 Å². The Kier molecular flexibility index (Phi) is 2.58. The predicted octanol–water partition coefficient (Wildman–Crippen LogP) is 0.461. The third-order valence-electron chi connectivity index (χ3n) is 0.258. The molecule has 0 saturated carbocycles. The van der Waals surface area contributed by atoms with Crippen LogP contribution in [-0.4, -0.2) is 16.4 Å². The first-order valence-electron chi connectivity index (χ1n) is 1.43. The fourth-order valence-electron chi connectivity index (χ4n) is 0.0713. The third kappa shape index (κ3) is 3.56. The van der Waals surface area contributed by atoms with Gasteiger partial charge in [0.05, 0.1) is 6.42 Å². The Morgan fingerprint density at radius 2 is 2.50 bits per heavy atom. The van der Waals surface area contributed by atoms with E-state index >= 15 is 0 Å². The Morgan fingerprint density at radius 1 is 2.00 bits per heavy atom. The molecule has 0 unspecified atom stereocenters. The van der Waals surface area contributed by atoms with Gasteiger partial charge in [-0.2, -0.15) is 0 Å². The van der Waals surface area contributed by atoms with E-state index in [-0.39, 0.29) is 6.42 Å². The van der Waals surface area contributed by atoms with Crippen molar-refractivity contribution in [2.75, 3.05) is 0 Å². The molecule has 2 nitrogen and oxygen atoms in total. The molecule has 0 atom stereocenters. The maximum Gasteiger partial charge on any atom is 0.308 e. The predicted molar refractivity (Wildman–Crippen MR) is 25.9 cm³/mol. The summed E-state index contributed by atoms with van der Waals surface area (Å²) in [6, 6.07) is 0. The van der Waals surface area contributed by atoms with Crippen LogP contribution in [0.15, 0.2) is 0 Å². The van der Waals surface area contributed by atoms with Crippen LogP contribution in [0.25, 0.3) is 0 Å². The van der Waals surface area contributed by atoms with Gasteiger partial charge in [0.1, 0.15) is 0 Å². The first kappa shape index (κ1) is 5.56. The molecule has 0 aromatic rings. The minimum atomic E-state index is -0.870. The minimum absolute atomic E-state index is 0.0185. The molecule has 0 fully saturated rings. The zero-order chi connectivity index (χ0) is 4.99. The average molecular weight is 104 g/mol. The second-order valence-corrected chi connectivity index (χ2v) is 1.10. The lowest BCUT2D eigenvalue weighted by Crippen LogP contribution is -1.91. The Labute approximate surface area is 40.8 Å². The molecule has 0 saturated heterocycles. The van der Waals surface area contributed by atoms with Gasteiger partial charge in [-0.1, -0.05) is 12.2 Å². The van der Waals surface area contributed by atoms with Crippen LogP contribution in [0.4, 0.5) is 0 Å². The summed E-state index contributed by atoms with van der Waals surface area (Å²) in [4.78, 5) is 9.50. The van der Waals surface area contributed by atoms with Gasteiger partial charge in [0.15, 0.2) is 0 Å². The van der Waals surface area contributed by atoms with Gasteiger partial charge in [-0.05, 0) is 5.37 Å². The maximum atomic E-state index is 9.50. The highest BCUT2D eigenvalue weighted by Gasteiger charge is 1.85. The molecule has 0 aliphatic carbocycles. The van der Waals surface area contributed by atoms with Gasteiger partial charge in [0.25, 0.3) is 0 Å². The van der Waals surface area contributed by atoms with Crippen molar-refractivity contribution in [2.24, 2.45) is 0 Å². The van der Waals surface area contributed by atoms with Crippen molar-refractivity contribution in [2.45, 2.75) is 6.42 Å². The van der Waals surface area contributed by atoms with Crippen LogP contribution < -0.4 is 0 Å². The maximum absolute atomic E-state index is 9.50. The molecule has 34 valence electrons. The monoisotopic (exact) mass is 104 g/mol. The Balaban J connectivity index is 3.05. The first-order chi connectivity index (χ1) is 2.77. The highest BCUT2D eigenvalue weighted by molar-refractivity contribution is 7.79. The van der Waals surface area contributed by atoms with E-state index < -0.39 is 5.97 Å². The SMILES string of the molecule is O=C(O)CC=S. The van der Waals surface area contributed by atoms with E-state index in [2.05, 4.69) is 12.2 Å². The second-order valence-electron chi connectivity index (χ2n) is 0.765. The summed E-state index contributed by atoms with van der Waals surface area (Å²) in [6.07, 6.45) is -0.0185. The van der Waals surface area contributed by atoms with Gasteiger partial charge in [-0.25, -0.2) is 0 Å². The Bertz CT molecular complexity index is 69.2. The number of thiocarbonyl (C=S) groups is 1. The van der Waals surface area contributed by atoms with Gasteiger partial charge in [0, 0.05) is 0 Å². The van der Waals surface area contributed by atoms with Crippen LogP contribution in [0.5, 0.6) is 0 Å². The normalized spacial score (nSPS) is 7.33. The fourth-order valence-corrected chi connectivity index (χ4v) is 0.214. The number of aliphatic carboxylic acids is 1. The number of carboxylic acid groups (broad SMARTS) is 1. The number of carbonyl (C=O) groups is 1. The van der Waals surface area contributed by atoms with Crippen molar-refractivity contribution in [1.29, 1.82) is 0 Å². The zero-order valence-corrected chi connectivity index (χ0v) is 3.86. The van der Waals surface area contributed by atoms with Crippen molar-refractivity contribution >= 4 is 23.6 Å². The largest absolute Gasteiger partial charge is 0.481 e. The van der Waals surface area contributed by atoms with Crippen molar-refractivity contribution in [1.82, 2.24) is 0 Å². The molecule has 0 amide bonds. The van der Waals surface area contributed by atoms with Crippen molar-refractivity contribution in [3.8, 4) is 0 Å². The highest BCUT2D eigenvalue weighted by Crippen LogP contribution is 1.68. The van der Waals surface area contributed by atoms with Crippen LogP contribution in [0.2, 0.25) is 0 Å². The molecule has 0 radical (unpaired) electrons. The molecule has 3 heteroatoms. The summed E-state index contributed by atoms with van der Waals surface area (Å²) < 4.78 is 0. The van der Waals surface area contributed by atoms with E-state index in [4.69, 9.17) is 5.11 Å². The first-order valence-corrected chi connectivity index (χ1v) is 1.90. The lowest BCUT2D eigenvalue weighted by Gasteiger charge is -1.73. The van der Waals surface area contributed by atoms with Crippen LogP contribution in [0.3, 0.4) is 0 Å². The lowest BCUT2D eigenvalue weighted by molar-refractivity contribution is -0.135. The van der Waals surface area contributed by atoms with Crippen molar-refractivity contribution in [3.63, 3.8) is 0 Å². The molecule has 0 spiro atoms. The van der Waals surface area contributed by atoms with E-state index in [0.717, 1.165) is 0 Å². The van der Waals surface area contributed by atoms with E-state index in [9.17, 15) is 4.79 Å². The zero-order valence-electron chi connectivity index (χ0n) is 3.05. The number of rotatable bonds is 2. The van der Waals surface area contributed by atoms with Gasteiger partial charge < -0.3 is 5.11 Å². The van der Waals surface area contributed by atoms with Gasteiger partial charge in [0.2, 0.25) is 0 Å². The Hall–Kier alpha value is -0.440. The van der Waals surface area contributed by atoms with Crippen molar-refractivity contribution < 1.29 is 9.90 Å². The number of carboxylic acids is 1. The third-order valence-corrected chi connectivity index (χ3v) is 0.425. The molecule has 0 aliphatic heterocycles. The second kappa shape index (κ2) is 2.78. The molecule has 1 N–H and O–H groups in total. The summed E-state index contributed by atoms with van der Waals surface area (Å²) in [5, 5.41) is 9.00. The molecule has 0 aromatic carbocycles. The minimum Gasteiger partial charge on any atom is -0.481 e. The summed E-state index contributed by atoms with van der Waals surface area (Å²) in [5.74, 6) is -0.870. The molecular weight excluding hydrogens is 100 g/mol. The standard InChI is InChI=1S/C3H4O2S/c4-3(5)1-2-6/h2H,1H2,(H,4,5). The van der Waals surface area contributed by atoms with E-state index in [1.807, 2.05) is 0 Å². The molecule has 6 heavy (non-hydrogen) atoms.